The Kier molecular flexibility index (Phi) is 4.33. The van der Waals surface area contributed by atoms with Crippen LogP contribution < -0.4 is 5.32 Å². The minimum Gasteiger partial charge on any atom is -0.356 e. The predicted molar refractivity (Wildman–Crippen MR) is 90.9 cm³/mol. The van der Waals surface area contributed by atoms with Gasteiger partial charge in [0.25, 0.3) is 0 Å². The van der Waals surface area contributed by atoms with Crippen molar-refractivity contribution < 1.29 is 9.18 Å². The van der Waals surface area contributed by atoms with Gasteiger partial charge in [-0.25, -0.2) is 9.37 Å². The molecule has 2 aliphatic rings. The van der Waals surface area contributed by atoms with Crippen LogP contribution in [0.4, 0.5) is 4.39 Å². The van der Waals surface area contributed by atoms with E-state index in [1.165, 1.54) is 12.1 Å². The Hall–Kier alpha value is -1.79. The molecule has 2 aliphatic heterocycles. The van der Waals surface area contributed by atoms with E-state index in [2.05, 4.69) is 20.6 Å². The van der Waals surface area contributed by atoms with Gasteiger partial charge >= 0.3 is 0 Å². The van der Waals surface area contributed by atoms with E-state index in [4.69, 9.17) is 0 Å². The molecule has 0 aliphatic carbocycles. The van der Waals surface area contributed by atoms with Gasteiger partial charge in [-0.2, -0.15) is 0 Å². The Morgan fingerprint density at radius 3 is 2.92 bits per heavy atom. The highest BCUT2D eigenvalue weighted by atomic mass is 32.1. The molecule has 3 heterocycles. The number of rotatable bonds is 3. The van der Waals surface area contributed by atoms with Gasteiger partial charge in [0.2, 0.25) is 5.91 Å². The third-order valence-electron chi connectivity index (χ3n) is 5.16. The first-order valence-electron chi connectivity index (χ1n) is 8.38. The topological polar surface area (TPSA) is 45.2 Å². The van der Waals surface area contributed by atoms with Crippen LogP contribution in [-0.2, 0) is 11.3 Å². The number of hydrogen-bond donors (Lipinski definition) is 1. The molecule has 0 saturated carbocycles. The lowest BCUT2D eigenvalue weighted by Gasteiger charge is -2.30. The monoisotopic (exact) mass is 345 g/mol. The van der Waals surface area contributed by atoms with Crippen LogP contribution in [-0.4, -0.2) is 28.4 Å². The highest BCUT2D eigenvalue weighted by Gasteiger charge is 2.45. The summed E-state index contributed by atoms with van der Waals surface area (Å²) in [6, 6.07) is 7.05. The zero-order chi connectivity index (χ0) is 16.5. The van der Waals surface area contributed by atoms with Crippen molar-refractivity contribution in [3.05, 3.63) is 52.2 Å². The summed E-state index contributed by atoms with van der Waals surface area (Å²) in [5, 5.41) is 5.10. The number of fused-ring (bicyclic) bond motifs is 1. The fraction of sp³-hybridized carbons (Fsp3) is 0.444. The number of thiazole rings is 1. The lowest BCUT2D eigenvalue weighted by atomic mass is 9.94. The van der Waals surface area contributed by atoms with Crippen molar-refractivity contribution in [3.63, 3.8) is 0 Å². The molecule has 2 fully saturated rings. The minimum absolute atomic E-state index is 0.00110. The standard InChI is InChI=1S/C18H20FN3OS/c19-13-5-3-12(4-6-13)17-8-15-16(2-1-7-20-18(15)23)22(17)9-14-10-24-11-21-14/h3-6,10-11,15-17H,1-2,7-9H2,(H,20,23)/t15-,16+,17+/m1/s1. The van der Waals surface area contributed by atoms with E-state index in [1.807, 2.05) is 17.6 Å². The summed E-state index contributed by atoms with van der Waals surface area (Å²) in [5.74, 6) is -0.0682. The van der Waals surface area contributed by atoms with Crippen molar-refractivity contribution in [3.8, 4) is 0 Å². The van der Waals surface area contributed by atoms with Gasteiger partial charge in [-0.1, -0.05) is 12.1 Å². The number of aromatic nitrogens is 1. The van der Waals surface area contributed by atoms with Crippen molar-refractivity contribution >= 4 is 17.2 Å². The number of likely N-dealkylation sites (tertiary alicyclic amines) is 1. The second-order valence-corrected chi connectivity index (χ2v) is 7.28. The number of hydrogen-bond acceptors (Lipinski definition) is 4. The maximum atomic E-state index is 13.3. The van der Waals surface area contributed by atoms with Crippen LogP contribution in [0.2, 0.25) is 0 Å². The molecule has 126 valence electrons. The fourth-order valence-corrected chi connectivity index (χ4v) is 4.59. The minimum atomic E-state index is -0.227. The Morgan fingerprint density at radius 1 is 1.33 bits per heavy atom. The molecule has 1 amide bonds. The van der Waals surface area contributed by atoms with Crippen molar-refractivity contribution in [2.24, 2.45) is 5.92 Å². The first kappa shape index (κ1) is 15.7. The SMILES string of the molecule is O=C1NCCC[C@H]2[C@H]1C[C@@H](c1ccc(F)cc1)N2Cc1cscn1. The summed E-state index contributed by atoms with van der Waals surface area (Å²) in [6.07, 6.45) is 2.79. The normalized spacial score (nSPS) is 27.5. The van der Waals surface area contributed by atoms with E-state index in [9.17, 15) is 9.18 Å². The van der Waals surface area contributed by atoms with Gasteiger partial charge < -0.3 is 5.32 Å². The number of carbonyl (C=O) groups excluding carboxylic acids is 1. The zero-order valence-electron chi connectivity index (χ0n) is 13.3. The van der Waals surface area contributed by atoms with Crippen LogP contribution in [0.5, 0.6) is 0 Å². The molecule has 4 rings (SSSR count). The van der Waals surface area contributed by atoms with E-state index in [0.29, 0.717) is 0 Å². The molecule has 2 aromatic rings. The first-order valence-corrected chi connectivity index (χ1v) is 9.32. The average Bonchev–Trinajstić information content (AvgIpc) is 3.17. The van der Waals surface area contributed by atoms with Crippen molar-refractivity contribution in [1.82, 2.24) is 15.2 Å². The zero-order valence-corrected chi connectivity index (χ0v) is 14.1. The highest BCUT2D eigenvalue weighted by Crippen LogP contribution is 2.43. The Morgan fingerprint density at radius 2 is 2.17 bits per heavy atom. The quantitative estimate of drug-likeness (QED) is 0.930. The lowest BCUT2D eigenvalue weighted by molar-refractivity contribution is -0.125. The number of nitrogens with zero attached hydrogens (tertiary/aromatic N) is 2. The second kappa shape index (κ2) is 6.61. The van der Waals surface area contributed by atoms with Crippen molar-refractivity contribution in [2.45, 2.75) is 37.9 Å². The molecule has 24 heavy (non-hydrogen) atoms. The molecule has 1 aromatic carbocycles. The molecule has 1 N–H and O–H groups in total. The summed E-state index contributed by atoms with van der Waals surface area (Å²) < 4.78 is 13.3. The third-order valence-corrected chi connectivity index (χ3v) is 5.80. The fourth-order valence-electron chi connectivity index (χ4n) is 4.04. The number of halogens is 1. The summed E-state index contributed by atoms with van der Waals surface area (Å²) in [5.41, 5.74) is 3.96. The number of nitrogens with one attached hydrogen (secondary N) is 1. The summed E-state index contributed by atoms with van der Waals surface area (Å²) in [7, 11) is 0. The number of benzene rings is 1. The van der Waals surface area contributed by atoms with E-state index < -0.39 is 0 Å². The van der Waals surface area contributed by atoms with Crippen LogP contribution in [0.15, 0.2) is 35.2 Å². The second-order valence-electron chi connectivity index (χ2n) is 6.56. The third kappa shape index (κ3) is 2.96. The molecule has 2 saturated heterocycles. The van der Waals surface area contributed by atoms with E-state index in [0.717, 1.165) is 43.6 Å². The van der Waals surface area contributed by atoms with Crippen LogP contribution in [0.25, 0.3) is 0 Å². The smallest absolute Gasteiger partial charge is 0.224 e. The van der Waals surface area contributed by atoms with Gasteiger partial charge in [-0.3, -0.25) is 9.69 Å². The molecule has 6 heteroatoms. The maximum absolute atomic E-state index is 13.3. The molecule has 0 radical (unpaired) electrons. The largest absolute Gasteiger partial charge is 0.356 e. The molecule has 0 bridgehead atoms. The first-order chi connectivity index (χ1) is 11.7. The molecular formula is C18H20FN3OS. The van der Waals surface area contributed by atoms with Crippen LogP contribution in [0, 0.1) is 11.7 Å². The highest BCUT2D eigenvalue weighted by molar-refractivity contribution is 7.07. The van der Waals surface area contributed by atoms with Gasteiger partial charge in [0.15, 0.2) is 0 Å². The summed E-state index contributed by atoms with van der Waals surface area (Å²) in [4.78, 5) is 19.3. The summed E-state index contributed by atoms with van der Waals surface area (Å²) in [6.45, 7) is 1.50. The maximum Gasteiger partial charge on any atom is 0.224 e. The van der Waals surface area contributed by atoms with E-state index in [-0.39, 0.29) is 29.7 Å². The van der Waals surface area contributed by atoms with Crippen molar-refractivity contribution in [1.29, 1.82) is 0 Å². The Balaban J connectivity index is 1.67. The molecule has 1 aromatic heterocycles. The Bertz CT molecular complexity index is 704. The molecule has 4 nitrogen and oxygen atoms in total. The summed E-state index contributed by atoms with van der Waals surface area (Å²) >= 11 is 1.59. The van der Waals surface area contributed by atoms with Crippen LogP contribution in [0.1, 0.15) is 36.6 Å². The molecular weight excluding hydrogens is 325 g/mol. The Labute approximate surface area is 144 Å². The van der Waals surface area contributed by atoms with E-state index >= 15 is 0 Å². The van der Waals surface area contributed by atoms with Crippen molar-refractivity contribution in [2.75, 3.05) is 6.54 Å². The van der Waals surface area contributed by atoms with Crippen LogP contribution in [0.3, 0.4) is 0 Å². The number of amides is 1. The van der Waals surface area contributed by atoms with Gasteiger partial charge in [0, 0.05) is 30.6 Å². The van der Waals surface area contributed by atoms with E-state index in [1.54, 1.807) is 11.3 Å². The molecule has 0 spiro atoms. The molecule has 3 atom stereocenters. The van der Waals surface area contributed by atoms with Crippen LogP contribution >= 0.6 is 11.3 Å². The lowest BCUT2D eigenvalue weighted by Crippen LogP contribution is -2.37. The van der Waals surface area contributed by atoms with Gasteiger partial charge in [-0.15, -0.1) is 11.3 Å². The average molecular weight is 345 g/mol. The predicted octanol–water partition coefficient (Wildman–Crippen LogP) is 3.12. The van der Waals surface area contributed by atoms with Gasteiger partial charge in [0.05, 0.1) is 17.1 Å². The van der Waals surface area contributed by atoms with Gasteiger partial charge in [0.1, 0.15) is 5.82 Å². The number of carbonyl (C=O) groups is 1. The molecule has 0 unspecified atom stereocenters. The van der Waals surface area contributed by atoms with Gasteiger partial charge in [-0.05, 0) is 37.0 Å².